The topological polar surface area (TPSA) is 52.6 Å². The van der Waals surface area contributed by atoms with Gasteiger partial charge >= 0.3 is 0 Å². The molecule has 0 saturated carbocycles. The van der Waals surface area contributed by atoms with Crippen LogP contribution in [-0.2, 0) is 4.79 Å². The largest absolute Gasteiger partial charge is 0.494 e. The molecule has 0 aliphatic carbocycles. The molecule has 0 unspecified atom stereocenters. The van der Waals surface area contributed by atoms with Crippen LogP contribution in [0.15, 0.2) is 35.1 Å². The highest BCUT2D eigenvalue weighted by atomic mass is 16.3. The van der Waals surface area contributed by atoms with Crippen molar-refractivity contribution in [3.8, 4) is 0 Å². The Balaban J connectivity index is 2.54. The molecule has 0 radical (unpaired) electrons. The fourth-order valence-corrected chi connectivity index (χ4v) is 2.37. The molecule has 2 aliphatic heterocycles. The minimum Gasteiger partial charge on any atom is -0.494 e. The van der Waals surface area contributed by atoms with Crippen LogP contribution in [0.2, 0.25) is 0 Å². The Morgan fingerprint density at radius 1 is 1.41 bits per heavy atom. The molecule has 0 atom stereocenters. The molecule has 0 aromatic rings. The van der Waals surface area contributed by atoms with Crippen LogP contribution in [0.3, 0.4) is 0 Å². The lowest BCUT2D eigenvalue weighted by molar-refractivity contribution is -0.118. The number of allylic oxidation sites excluding steroid dienone is 3. The monoisotopic (exact) mass is 234 g/mol. The Labute approximate surface area is 101 Å². The van der Waals surface area contributed by atoms with Gasteiger partial charge in [0.25, 0.3) is 5.91 Å². The maximum absolute atomic E-state index is 11.8. The van der Waals surface area contributed by atoms with Gasteiger partial charge in [-0.05, 0) is 19.4 Å². The highest BCUT2D eigenvalue weighted by Crippen LogP contribution is 2.35. The van der Waals surface area contributed by atoms with Crippen LogP contribution in [0.4, 0.5) is 0 Å². The van der Waals surface area contributed by atoms with Gasteiger partial charge in [-0.1, -0.05) is 26.8 Å². The van der Waals surface area contributed by atoms with Crippen LogP contribution in [-0.4, -0.2) is 15.9 Å². The standard InChI is InChI=1S/C13H18N2O2/c1-5-9-11(16)14-10-7-13(3,4)6-8(2)15(10)12(9)17/h6-7,17H,5H2,1-4H3,(H,14,16). The van der Waals surface area contributed by atoms with Gasteiger partial charge in [-0.25, -0.2) is 0 Å². The van der Waals surface area contributed by atoms with Gasteiger partial charge in [-0.2, -0.15) is 0 Å². The number of rotatable bonds is 1. The number of fused-ring (bicyclic) bond motifs is 1. The molecule has 2 rings (SSSR count). The quantitative estimate of drug-likeness (QED) is 0.732. The third-order valence-corrected chi connectivity index (χ3v) is 3.03. The number of hydrogen-bond acceptors (Lipinski definition) is 3. The summed E-state index contributed by atoms with van der Waals surface area (Å²) < 4.78 is 0. The van der Waals surface area contributed by atoms with Crippen molar-refractivity contribution >= 4 is 5.91 Å². The molecule has 2 heterocycles. The Bertz CT molecular complexity index is 470. The van der Waals surface area contributed by atoms with E-state index in [0.717, 1.165) is 5.70 Å². The van der Waals surface area contributed by atoms with E-state index in [1.807, 2.05) is 19.9 Å². The Morgan fingerprint density at radius 2 is 2.06 bits per heavy atom. The Kier molecular flexibility index (Phi) is 2.53. The summed E-state index contributed by atoms with van der Waals surface area (Å²) in [6.07, 6.45) is 4.52. The predicted octanol–water partition coefficient (Wildman–Crippen LogP) is 2.38. The zero-order chi connectivity index (χ0) is 12.8. The Hall–Kier alpha value is -1.71. The van der Waals surface area contributed by atoms with Crippen LogP contribution >= 0.6 is 0 Å². The zero-order valence-electron chi connectivity index (χ0n) is 10.7. The fourth-order valence-electron chi connectivity index (χ4n) is 2.37. The van der Waals surface area contributed by atoms with E-state index in [1.165, 1.54) is 0 Å². The molecule has 2 aliphatic rings. The second-order valence-corrected chi connectivity index (χ2v) is 5.08. The summed E-state index contributed by atoms with van der Waals surface area (Å²) in [6, 6.07) is 0. The molecule has 2 N–H and O–H groups in total. The van der Waals surface area contributed by atoms with Crippen molar-refractivity contribution in [2.45, 2.75) is 34.1 Å². The van der Waals surface area contributed by atoms with E-state index in [1.54, 1.807) is 4.90 Å². The first-order valence-electron chi connectivity index (χ1n) is 5.81. The minimum absolute atomic E-state index is 0.0479. The molecule has 0 bridgehead atoms. The van der Waals surface area contributed by atoms with Gasteiger partial charge in [0.1, 0.15) is 5.82 Å². The van der Waals surface area contributed by atoms with Crippen LogP contribution in [0.5, 0.6) is 0 Å². The first-order chi connectivity index (χ1) is 7.85. The highest BCUT2D eigenvalue weighted by Gasteiger charge is 2.34. The van der Waals surface area contributed by atoms with Gasteiger partial charge in [-0.3, -0.25) is 9.69 Å². The molecule has 4 nitrogen and oxygen atoms in total. The molecule has 0 saturated heterocycles. The van der Waals surface area contributed by atoms with Crippen molar-refractivity contribution in [3.63, 3.8) is 0 Å². The van der Waals surface area contributed by atoms with Crippen LogP contribution in [0.1, 0.15) is 34.1 Å². The predicted molar refractivity (Wildman–Crippen MR) is 65.5 cm³/mol. The second kappa shape index (κ2) is 3.65. The molecule has 0 aromatic heterocycles. The number of amides is 1. The summed E-state index contributed by atoms with van der Waals surface area (Å²) in [5.41, 5.74) is 1.23. The van der Waals surface area contributed by atoms with E-state index in [0.29, 0.717) is 17.8 Å². The van der Waals surface area contributed by atoms with Crippen LogP contribution in [0, 0.1) is 5.41 Å². The van der Waals surface area contributed by atoms with Crippen molar-refractivity contribution in [3.05, 3.63) is 35.1 Å². The normalized spacial score (nSPS) is 22.8. The lowest BCUT2D eigenvalue weighted by atomic mass is 9.88. The second-order valence-electron chi connectivity index (χ2n) is 5.08. The number of carbonyl (C=O) groups is 1. The molecule has 0 aromatic carbocycles. The number of nitrogens with zero attached hydrogens (tertiary/aromatic N) is 1. The summed E-state index contributed by atoms with van der Waals surface area (Å²) >= 11 is 0. The number of aliphatic hydroxyl groups is 1. The fraction of sp³-hybridized carbons (Fsp3) is 0.462. The van der Waals surface area contributed by atoms with Gasteiger partial charge < -0.3 is 10.4 Å². The minimum atomic E-state index is -0.210. The summed E-state index contributed by atoms with van der Waals surface area (Å²) in [7, 11) is 0. The number of carbonyl (C=O) groups excluding carboxylic acids is 1. The van der Waals surface area contributed by atoms with Gasteiger partial charge in [0.05, 0.1) is 5.57 Å². The van der Waals surface area contributed by atoms with Crippen molar-refractivity contribution < 1.29 is 9.90 Å². The molecular weight excluding hydrogens is 216 g/mol. The first-order valence-corrected chi connectivity index (χ1v) is 5.81. The average Bonchev–Trinajstić information content (AvgIpc) is 2.14. The zero-order valence-corrected chi connectivity index (χ0v) is 10.7. The maximum atomic E-state index is 11.8. The number of aliphatic hydroxyl groups excluding tert-OH is 1. The van der Waals surface area contributed by atoms with Gasteiger partial charge in [-0.15, -0.1) is 0 Å². The maximum Gasteiger partial charge on any atom is 0.258 e. The molecule has 92 valence electrons. The summed E-state index contributed by atoms with van der Waals surface area (Å²) in [5.74, 6) is 0.486. The number of nitrogens with one attached hydrogen (secondary N) is 1. The van der Waals surface area contributed by atoms with Crippen molar-refractivity contribution in [1.82, 2.24) is 10.2 Å². The summed E-state index contributed by atoms with van der Waals surface area (Å²) in [5, 5.41) is 13.0. The molecule has 4 heteroatoms. The first kappa shape index (κ1) is 11.8. The summed E-state index contributed by atoms with van der Waals surface area (Å²) in [4.78, 5) is 13.5. The van der Waals surface area contributed by atoms with Crippen molar-refractivity contribution in [1.29, 1.82) is 0 Å². The highest BCUT2D eigenvalue weighted by molar-refractivity contribution is 5.96. The van der Waals surface area contributed by atoms with E-state index in [4.69, 9.17) is 0 Å². The van der Waals surface area contributed by atoms with E-state index >= 15 is 0 Å². The van der Waals surface area contributed by atoms with Crippen molar-refractivity contribution in [2.75, 3.05) is 0 Å². The van der Waals surface area contributed by atoms with Crippen LogP contribution in [0.25, 0.3) is 0 Å². The average molecular weight is 234 g/mol. The van der Waals surface area contributed by atoms with E-state index < -0.39 is 0 Å². The van der Waals surface area contributed by atoms with Crippen molar-refractivity contribution in [2.24, 2.45) is 5.41 Å². The van der Waals surface area contributed by atoms with E-state index in [-0.39, 0.29) is 17.2 Å². The molecule has 1 amide bonds. The van der Waals surface area contributed by atoms with Gasteiger partial charge in [0.15, 0.2) is 0 Å². The molecular formula is C13H18N2O2. The third kappa shape index (κ3) is 1.84. The van der Waals surface area contributed by atoms with E-state index in [2.05, 4.69) is 25.2 Å². The van der Waals surface area contributed by atoms with Gasteiger partial charge in [0.2, 0.25) is 5.88 Å². The molecule has 17 heavy (non-hydrogen) atoms. The summed E-state index contributed by atoms with van der Waals surface area (Å²) in [6.45, 7) is 7.90. The SMILES string of the molecule is CCC1=C(O)N2C(C)=CC(C)(C)C=C2NC1=O. The Morgan fingerprint density at radius 3 is 2.65 bits per heavy atom. The third-order valence-electron chi connectivity index (χ3n) is 3.03. The molecule has 0 spiro atoms. The lowest BCUT2D eigenvalue weighted by Gasteiger charge is -2.38. The number of hydrogen-bond donors (Lipinski definition) is 2. The smallest absolute Gasteiger partial charge is 0.258 e. The van der Waals surface area contributed by atoms with E-state index in [9.17, 15) is 9.90 Å². The molecule has 0 fully saturated rings. The van der Waals surface area contributed by atoms with Gasteiger partial charge in [0, 0.05) is 11.1 Å². The van der Waals surface area contributed by atoms with Crippen LogP contribution < -0.4 is 5.32 Å². The lowest BCUT2D eigenvalue weighted by Crippen LogP contribution is -2.43.